The minimum atomic E-state index is 0.227. The van der Waals surface area contributed by atoms with Gasteiger partial charge in [-0.3, -0.25) is 4.79 Å². The highest BCUT2D eigenvalue weighted by Gasteiger charge is 2.22. The molecule has 0 radical (unpaired) electrons. The predicted octanol–water partition coefficient (Wildman–Crippen LogP) is 1.02. The van der Waals surface area contributed by atoms with Crippen molar-refractivity contribution in [2.75, 3.05) is 12.3 Å². The number of carbonyl (C=O) groups is 1. The highest BCUT2D eigenvalue weighted by atomic mass is 32.2. The number of thioether (sulfide) groups is 1. The minimum Gasteiger partial charge on any atom is -0.355 e. The van der Waals surface area contributed by atoms with E-state index in [0.717, 1.165) is 18.7 Å². The average Bonchev–Trinajstić information content (AvgIpc) is 2.38. The summed E-state index contributed by atoms with van der Waals surface area (Å²) in [6, 6.07) is 0. The molecule has 58 valence electrons. The number of hydrogen-bond donors (Lipinski definition) is 1. The fraction of sp³-hybridized carbons (Fsp3) is 0.857. The number of hydrogen-bond acceptors (Lipinski definition) is 2. The summed E-state index contributed by atoms with van der Waals surface area (Å²) in [4.78, 5) is 11.1. The Morgan fingerprint density at radius 2 is 2.60 bits per heavy atom. The Bertz CT molecular complexity index is 121. The van der Waals surface area contributed by atoms with Gasteiger partial charge in [-0.2, -0.15) is 0 Å². The van der Waals surface area contributed by atoms with Crippen molar-refractivity contribution >= 4 is 17.7 Å². The Kier molecular flexibility index (Phi) is 3.06. The van der Waals surface area contributed by atoms with Crippen LogP contribution < -0.4 is 5.32 Å². The average molecular weight is 159 g/mol. The zero-order valence-electron chi connectivity index (χ0n) is 6.22. The van der Waals surface area contributed by atoms with Gasteiger partial charge < -0.3 is 5.32 Å². The van der Waals surface area contributed by atoms with Crippen LogP contribution in [0.15, 0.2) is 0 Å². The largest absolute Gasteiger partial charge is 0.355 e. The molecular weight excluding hydrogens is 146 g/mol. The van der Waals surface area contributed by atoms with E-state index in [2.05, 4.69) is 5.32 Å². The Morgan fingerprint density at radius 3 is 3.10 bits per heavy atom. The van der Waals surface area contributed by atoms with E-state index in [1.54, 1.807) is 11.8 Å². The maximum absolute atomic E-state index is 11.1. The molecule has 1 N–H and O–H groups in total. The quantitative estimate of drug-likeness (QED) is 0.651. The van der Waals surface area contributed by atoms with E-state index in [1.165, 1.54) is 6.42 Å². The third kappa shape index (κ3) is 1.90. The lowest BCUT2D eigenvalue weighted by Crippen LogP contribution is -2.30. The maximum atomic E-state index is 11.1. The van der Waals surface area contributed by atoms with Gasteiger partial charge in [0, 0.05) is 6.54 Å². The first-order valence-electron chi connectivity index (χ1n) is 3.74. The Balaban J connectivity index is 2.25. The molecule has 0 aliphatic carbocycles. The molecule has 1 heterocycles. The molecule has 1 atom stereocenters. The van der Waals surface area contributed by atoms with Gasteiger partial charge in [-0.15, -0.1) is 11.8 Å². The highest BCUT2D eigenvalue weighted by molar-refractivity contribution is 8.00. The summed E-state index contributed by atoms with van der Waals surface area (Å²) in [5, 5.41) is 3.08. The van der Waals surface area contributed by atoms with Crippen molar-refractivity contribution in [1.29, 1.82) is 0 Å². The van der Waals surface area contributed by atoms with Gasteiger partial charge in [-0.1, -0.05) is 0 Å². The second-order valence-electron chi connectivity index (χ2n) is 2.40. The molecular formula is C7H13NOS. The molecule has 1 amide bonds. The monoisotopic (exact) mass is 159 g/mol. The first-order chi connectivity index (χ1) is 4.84. The standard InChI is InChI=1S/C7H13NOS/c1-2-8-7(9)6-4-3-5-10-6/h6H,2-5H2,1H3,(H,8,9). The topological polar surface area (TPSA) is 29.1 Å². The summed E-state index contributed by atoms with van der Waals surface area (Å²) >= 11 is 1.78. The van der Waals surface area contributed by atoms with Gasteiger partial charge >= 0.3 is 0 Å². The number of amides is 1. The molecule has 1 rings (SSSR count). The van der Waals surface area contributed by atoms with Crippen LogP contribution >= 0.6 is 11.8 Å². The Morgan fingerprint density at radius 1 is 1.80 bits per heavy atom. The van der Waals surface area contributed by atoms with Crippen molar-refractivity contribution in [1.82, 2.24) is 5.32 Å². The molecule has 0 bridgehead atoms. The van der Waals surface area contributed by atoms with Crippen molar-refractivity contribution in [3.05, 3.63) is 0 Å². The number of carbonyl (C=O) groups excluding carboxylic acids is 1. The van der Waals surface area contributed by atoms with Crippen LogP contribution in [-0.4, -0.2) is 23.5 Å². The second kappa shape index (κ2) is 3.86. The van der Waals surface area contributed by atoms with Crippen molar-refractivity contribution in [2.45, 2.75) is 25.0 Å². The molecule has 1 aliphatic rings. The van der Waals surface area contributed by atoms with E-state index in [0.29, 0.717) is 0 Å². The zero-order valence-corrected chi connectivity index (χ0v) is 7.04. The number of rotatable bonds is 2. The summed E-state index contributed by atoms with van der Waals surface area (Å²) in [5.41, 5.74) is 0. The molecule has 10 heavy (non-hydrogen) atoms. The van der Waals surface area contributed by atoms with E-state index in [9.17, 15) is 4.79 Å². The van der Waals surface area contributed by atoms with E-state index in [1.807, 2.05) is 6.92 Å². The fourth-order valence-corrected chi connectivity index (χ4v) is 2.26. The lowest BCUT2D eigenvalue weighted by molar-refractivity contribution is -0.120. The van der Waals surface area contributed by atoms with Crippen LogP contribution in [0.3, 0.4) is 0 Å². The molecule has 1 fully saturated rings. The van der Waals surface area contributed by atoms with E-state index >= 15 is 0 Å². The smallest absolute Gasteiger partial charge is 0.233 e. The molecule has 0 aromatic heterocycles. The Hall–Kier alpha value is -0.180. The fourth-order valence-electron chi connectivity index (χ4n) is 1.07. The van der Waals surface area contributed by atoms with Crippen molar-refractivity contribution in [3.63, 3.8) is 0 Å². The van der Waals surface area contributed by atoms with Gasteiger partial charge in [0.25, 0.3) is 0 Å². The van der Waals surface area contributed by atoms with E-state index < -0.39 is 0 Å². The first-order valence-corrected chi connectivity index (χ1v) is 4.78. The number of nitrogens with one attached hydrogen (secondary N) is 1. The van der Waals surface area contributed by atoms with Gasteiger partial charge in [0.1, 0.15) is 0 Å². The van der Waals surface area contributed by atoms with Gasteiger partial charge in [0.15, 0.2) is 0 Å². The van der Waals surface area contributed by atoms with Crippen LogP contribution in [0.25, 0.3) is 0 Å². The zero-order chi connectivity index (χ0) is 7.40. The van der Waals surface area contributed by atoms with Gasteiger partial charge in [0.2, 0.25) is 5.91 Å². The molecule has 0 aromatic rings. The molecule has 1 unspecified atom stereocenters. The molecule has 0 aromatic carbocycles. The molecule has 0 saturated carbocycles. The van der Waals surface area contributed by atoms with Crippen LogP contribution in [0.4, 0.5) is 0 Å². The summed E-state index contributed by atoms with van der Waals surface area (Å²) in [5.74, 6) is 1.38. The van der Waals surface area contributed by atoms with E-state index in [4.69, 9.17) is 0 Å². The minimum absolute atomic E-state index is 0.227. The lowest BCUT2D eigenvalue weighted by Gasteiger charge is -2.06. The summed E-state index contributed by atoms with van der Waals surface area (Å²) in [6.45, 7) is 2.72. The molecule has 0 spiro atoms. The molecule has 2 nitrogen and oxygen atoms in total. The van der Waals surface area contributed by atoms with Crippen molar-refractivity contribution < 1.29 is 4.79 Å². The molecule has 1 aliphatic heterocycles. The van der Waals surface area contributed by atoms with Crippen LogP contribution in [-0.2, 0) is 4.79 Å². The van der Waals surface area contributed by atoms with Crippen LogP contribution in [0, 0.1) is 0 Å². The first kappa shape index (κ1) is 7.92. The third-order valence-corrected chi connectivity index (χ3v) is 2.95. The summed E-state index contributed by atoms with van der Waals surface area (Å²) in [7, 11) is 0. The Labute approximate surface area is 65.8 Å². The highest BCUT2D eigenvalue weighted by Crippen LogP contribution is 2.25. The lowest BCUT2D eigenvalue weighted by atomic mass is 10.2. The van der Waals surface area contributed by atoms with Crippen molar-refractivity contribution in [3.8, 4) is 0 Å². The normalized spacial score (nSPS) is 24.7. The summed E-state index contributed by atoms with van der Waals surface area (Å²) in [6.07, 6.45) is 2.27. The predicted molar refractivity (Wildman–Crippen MR) is 44.2 cm³/mol. The van der Waals surface area contributed by atoms with Crippen molar-refractivity contribution in [2.24, 2.45) is 0 Å². The second-order valence-corrected chi connectivity index (χ2v) is 3.71. The SMILES string of the molecule is CCNC(=O)C1CCCS1. The van der Waals surface area contributed by atoms with Crippen LogP contribution in [0.5, 0.6) is 0 Å². The van der Waals surface area contributed by atoms with Gasteiger partial charge in [-0.05, 0) is 25.5 Å². The van der Waals surface area contributed by atoms with Crippen LogP contribution in [0.2, 0.25) is 0 Å². The summed E-state index contributed by atoms with van der Waals surface area (Å²) < 4.78 is 0. The third-order valence-electron chi connectivity index (χ3n) is 1.57. The van der Waals surface area contributed by atoms with E-state index in [-0.39, 0.29) is 11.2 Å². The van der Waals surface area contributed by atoms with Gasteiger partial charge in [0.05, 0.1) is 5.25 Å². The maximum Gasteiger partial charge on any atom is 0.233 e. The molecule has 3 heteroatoms. The van der Waals surface area contributed by atoms with Gasteiger partial charge in [-0.25, -0.2) is 0 Å². The van der Waals surface area contributed by atoms with Crippen LogP contribution in [0.1, 0.15) is 19.8 Å². The molecule has 1 saturated heterocycles.